The monoisotopic (exact) mass is 668 g/mol. The summed E-state index contributed by atoms with van der Waals surface area (Å²) in [5.74, 6) is -0.259. The lowest BCUT2D eigenvalue weighted by molar-refractivity contribution is -0.144. The topological polar surface area (TPSA) is 153 Å². The van der Waals surface area contributed by atoms with E-state index in [0.29, 0.717) is 119 Å². The predicted octanol–water partition coefficient (Wildman–Crippen LogP) is 1.80. The van der Waals surface area contributed by atoms with Gasteiger partial charge in [-0.15, -0.1) is 0 Å². The normalized spacial score (nSPS) is 11.7. The minimum absolute atomic E-state index is 0.0627. The molecular formula is C30H52O14S. The van der Waals surface area contributed by atoms with Gasteiger partial charge in [-0.25, -0.2) is 0 Å². The van der Waals surface area contributed by atoms with E-state index < -0.39 is 10.1 Å². The first-order valence-corrected chi connectivity index (χ1v) is 16.7. The summed E-state index contributed by atoms with van der Waals surface area (Å²) in [6.45, 7) is 11.5. The highest BCUT2D eigenvalue weighted by Crippen LogP contribution is 2.12. The fraction of sp³-hybridized carbons (Fsp3) is 0.767. The number of esters is 1. The van der Waals surface area contributed by atoms with Gasteiger partial charge in [0.15, 0.2) is 0 Å². The van der Waals surface area contributed by atoms with Crippen molar-refractivity contribution in [2.45, 2.75) is 25.2 Å². The van der Waals surface area contributed by atoms with Crippen LogP contribution in [-0.4, -0.2) is 147 Å². The van der Waals surface area contributed by atoms with Crippen molar-refractivity contribution < 1.29 is 64.8 Å². The van der Waals surface area contributed by atoms with Gasteiger partial charge >= 0.3 is 5.97 Å². The minimum Gasteiger partial charge on any atom is -0.466 e. The van der Waals surface area contributed by atoms with Crippen molar-refractivity contribution in [3.63, 3.8) is 0 Å². The molecule has 0 spiro atoms. The second-order valence-electron chi connectivity index (χ2n) is 9.16. The summed E-state index contributed by atoms with van der Waals surface area (Å²) >= 11 is 0. The predicted molar refractivity (Wildman–Crippen MR) is 163 cm³/mol. The van der Waals surface area contributed by atoms with Gasteiger partial charge in [-0.3, -0.25) is 8.98 Å². The summed E-state index contributed by atoms with van der Waals surface area (Å²) in [7, 11) is -3.78. The molecule has 1 aromatic carbocycles. The SMILES string of the molecule is CCOC(=O)CCOCCOCCOCCOCCOCCOCCOCCOCCOCCOS(=O)(=O)c1ccc(C)cc1. The molecule has 0 radical (unpaired) electrons. The van der Waals surface area contributed by atoms with E-state index in [9.17, 15) is 13.2 Å². The van der Waals surface area contributed by atoms with Gasteiger partial charge in [0, 0.05) is 0 Å². The number of rotatable bonds is 33. The molecule has 1 aromatic rings. The third-order valence-corrected chi connectivity index (χ3v) is 6.83. The zero-order chi connectivity index (χ0) is 32.7. The van der Waals surface area contributed by atoms with Crippen LogP contribution in [0.1, 0.15) is 18.9 Å². The van der Waals surface area contributed by atoms with Gasteiger partial charge in [0.05, 0.1) is 143 Å². The smallest absolute Gasteiger partial charge is 0.308 e. The average Bonchev–Trinajstić information content (AvgIpc) is 3.02. The summed E-state index contributed by atoms with van der Waals surface area (Å²) in [4.78, 5) is 11.3. The average molecular weight is 669 g/mol. The van der Waals surface area contributed by atoms with Crippen molar-refractivity contribution in [1.82, 2.24) is 0 Å². The highest BCUT2D eigenvalue weighted by Gasteiger charge is 2.14. The molecule has 0 aliphatic carbocycles. The Morgan fingerprint density at radius 2 is 0.822 bits per heavy atom. The third-order valence-electron chi connectivity index (χ3n) is 5.51. The van der Waals surface area contributed by atoms with Gasteiger partial charge in [0.2, 0.25) is 0 Å². The van der Waals surface area contributed by atoms with Gasteiger partial charge in [-0.2, -0.15) is 8.42 Å². The molecule has 0 saturated heterocycles. The van der Waals surface area contributed by atoms with E-state index in [4.69, 9.17) is 51.6 Å². The Morgan fingerprint density at radius 3 is 1.16 bits per heavy atom. The van der Waals surface area contributed by atoms with Crippen molar-refractivity contribution >= 4 is 16.1 Å². The molecule has 14 nitrogen and oxygen atoms in total. The maximum atomic E-state index is 12.1. The van der Waals surface area contributed by atoms with Crippen LogP contribution in [0.4, 0.5) is 0 Å². The van der Waals surface area contributed by atoms with Crippen LogP contribution in [0, 0.1) is 6.92 Å². The molecule has 0 atom stereocenters. The molecule has 1 rings (SSSR count). The van der Waals surface area contributed by atoms with Crippen molar-refractivity contribution in [2.24, 2.45) is 0 Å². The van der Waals surface area contributed by atoms with Gasteiger partial charge in [-0.1, -0.05) is 17.7 Å². The summed E-state index contributed by atoms with van der Waals surface area (Å²) in [5, 5.41) is 0. The second-order valence-corrected chi connectivity index (χ2v) is 10.8. The molecular weight excluding hydrogens is 616 g/mol. The quantitative estimate of drug-likeness (QED) is 0.0608. The maximum Gasteiger partial charge on any atom is 0.308 e. The van der Waals surface area contributed by atoms with Gasteiger partial charge < -0.3 is 47.4 Å². The number of carbonyl (C=O) groups excluding carboxylic acids is 1. The molecule has 0 bridgehead atoms. The lowest BCUT2D eigenvalue weighted by Gasteiger charge is -2.09. The molecule has 15 heteroatoms. The van der Waals surface area contributed by atoms with Crippen LogP contribution in [0.2, 0.25) is 0 Å². The van der Waals surface area contributed by atoms with Crippen LogP contribution in [-0.2, 0) is 66.5 Å². The molecule has 0 amide bonds. The Kier molecular flexibility index (Phi) is 27.2. The highest BCUT2D eigenvalue weighted by atomic mass is 32.2. The van der Waals surface area contributed by atoms with Crippen LogP contribution >= 0.6 is 0 Å². The zero-order valence-corrected chi connectivity index (χ0v) is 27.6. The molecule has 45 heavy (non-hydrogen) atoms. The molecule has 0 aromatic heterocycles. The van der Waals surface area contributed by atoms with Crippen LogP contribution in [0.5, 0.6) is 0 Å². The Labute approximate surface area is 267 Å². The first kappa shape index (κ1) is 41.3. The second kappa shape index (κ2) is 29.6. The molecule has 0 saturated carbocycles. The van der Waals surface area contributed by atoms with Crippen LogP contribution < -0.4 is 0 Å². The fourth-order valence-corrected chi connectivity index (χ4v) is 4.12. The number of ether oxygens (including phenoxy) is 10. The van der Waals surface area contributed by atoms with Gasteiger partial charge in [0.1, 0.15) is 0 Å². The fourth-order valence-electron chi connectivity index (χ4n) is 3.23. The van der Waals surface area contributed by atoms with Gasteiger partial charge in [0.25, 0.3) is 10.1 Å². The lowest BCUT2D eigenvalue weighted by atomic mass is 10.2. The molecule has 0 aliphatic heterocycles. The minimum atomic E-state index is -3.78. The summed E-state index contributed by atoms with van der Waals surface area (Å²) in [6.07, 6.45) is 0.248. The number of hydrogen-bond donors (Lipinski definition) is 0. The first-order chi connectivity index (χ1) is 22.0. The van der Waals surface area contributed by atoms with E-state index in [1.807, 2.05) is 6.92 Å². The van der Waals surface area contributed by atoms with Crippen LogP contribution in [0.3, 0.4) is 0 Å². The number of benzene rings is 1. The summed E-state index contributed by atoms with van der Waals surface area (Å²) in [5.41, 5.74) is 0.972. The molecule has 0 fully saturated rings. The van der Waals surface area contributed by atoms with E-state index in [1.54, 1.807) is 19.1 Å². The molecule has 0 aliphatic rings. The van der Waals surface area contributed by atoms with E-state index in [1.165, 1.54) is 12.1 Å². The van der Waals surface area contributed by atoms with E-state index in [0.717, 1.165) is 5.56 Å². The summed E-state index contributed by atoms with van der Waals surface area (Å²) < 4.78 is 82.5. The Morgan fingerprint density at radius 1 is 0.511 bits per heavy atom. The van der Waals surface area contributed by atoms with Crippen molar-refractivity contribution in [3.8, 4) is 0 Å². The van der Waals surface area contributed by atoms with Crippen LogP contribution in [0.25, 0.3) is 0 Å². The van der Waals surface area contributed by atoms with Gasteiger partial charge in [-0.05, 0) is 26.0 Å². The number of carbonyl (C=O) groups is 1. The molecule has 0 unspecified atom stereocenters. The van der Waals surface area contributed by atoms with Crippen LogP contribution in [0.15, 0.2) is 29.2 Å². The number of aryl methyl sites for hydroxylation is 1. The maximum absolute atomic E-state index is 12.1. The van der Waals surface area contributed by atoms with E-state index in [-0.39, 0.29) is 30.5 Å². The Bertz CT molecular complexity index is 914. The standard InChI is InChI=1S/C30H52O14S/c1-3-43-30(31)8-9-34-10-11-35-12-13-36-14-15-37-16-17-38-18-19-39-20-21-40-22-23-41-24-25-42-26-27-44-45(32,33)29-6-4-28(2)5-7-29/h4-7H,3,8-27H2,1-2H3. The molecule has 0 heterocycles. The van der Waals surface area contributed by atoms with Crippen molar-refractivity contribution in [3.05, 3.63) is 29.8 Å². The Balaban J connectivity index is 1.70. The highest BCUT2D eigenvalue weighted by molar-refractivity contribution is 7.86. The van der Waals surface area contributed by atoms with E-state index in [2.05, 4.69) is 0 Å². The number of hydrogen-bond acceptors (Lipinski definition) is 14. The third kappa shape index (κ3) is 26.1. The van der Waals surface area contributed by atoms with Crippen molar-refractivity contribution in [1.29, 1.82) is 0 Å². The van der Waals surface area contributed by atoms with E-state index >= 15 is 0 Å². The molecule has 262 valence electrons. The first-order valence-electron chi connectivity index (χ1n) is 15.3. The Hall–Kier alpha value is -1.76. The largest absolute Gasteiger partial charge is 0.466 e. The van der Waals surface area contributed by atoms with Crippen molar-refractivity contribution in [2.75, 3.05) is 132 Å². The zero-order valence-electron chi connectivity index (χ0n) is 26.8. The summed E-state index contributed by atoms with van der Waals surface area (Å²) in [6, 6.07) is 6.47. The molecule has 0 N–H and O–H groups in total. The lowest BCUT2D eigenvalue weighted by Crippen LogP contribution is -2.15.